The van der Waals surface area contributed by atoms with Gasteiger partial charge in [0.2, 0.25) is 4.87 Å². The van der Waals surface area contributed by atoms with Gasteiger partial charge in [0.25, 0.3) is 11.8 Å². The Morgan fingerprint density at radius 1 is 1.38 bits per heavy atom. The zero-order chi connectivity index (χ0) is 15.0. The molecule has 21 heavy (non-hydrogen) atoms. The summed E-state index contributed by atoms with van der Waals surface area (Å²) in [5.41, 5.74) is 0.892. The van der Waals surface area contributed by atoms with Crippen molar-refractivity contribution in [1.82, 2.24) is 9.80 Å². The van der Waals surface area contributed by atoms with Crippen LogP contribution in [-0.4, -0.2) is 67.4 Å². The van der Waals surface area contributed by atoms with Crippen molar-refractivity contribution < 1.29 is 19.8 Å². The second kappa shape index (κ2) is 4.07. The van der Waals surface area contributed by atoms with Gasteiger partial charge < -0.3 is 20.0 Å². The summed E-state index contributed by atoms with van der Waals surface area (Å²) in [7, 11) is 4.14. The summed E-state index contributed by atoms with van der Waals surface area (Å²) in [6.07, 6.45) is 4.87. The zero-order valence-corrected chi connectivity index (χ0v) is 12.9. The highest BCUT2D eigenvalue weighted by Gasteiger charge is 2.73. The molecule has 4 fully saturated rings. The Hall–Kier alpha value is -0.960. The van der Waals surface area contributed by atoms with Crippen LogP contribution in [0.25, 0.3) is 0 Å². The molecule has 5 rings (SSSR count). The normalized spacial score (nSPS) is 44.0. The smallest absolute Gasteiger partial charge is 0.264 e. The van der Waals surface area contributed by atoms with Crippen LogP contribution in [0.5, 0.6) is 0 Å². The van der Waals surface area contributed by atoms with Gasteiger partial charge in [-0.3, -0.25) is 9.59 Å². The Balaban J connectivity index is 1.90. The second-order valence-electron chi connectivity index (χ2n) is 5.67. The van der Waals surface area contributed by atoms with E-state index >= 15 is 0 Å². The SMILES string of the molecule is CN1C(=O)[C@]23CC4=CC=CC(O)[C@H]4N2C(=O)[C@@]1(CO)SS3. The maximum absolute atomic E-state index is 12.9. The van der Waals surface area contributed by atoms with Crippen LogP contribution < -0.4 is 0 Å². The first-order valence-electron chi connectivity index (χ1n) is 6.63. The number of nitrogens with zero attached hydrogens (tertiary/aromatic N) is 2. The molecule has 0 aromatic heterocycles. The van der Waals surface area contributed by atoms with Crippen molar-refractivity contribution >= 4 is 33.4 Å². The van der Waals surface area contributed by atoms with Gasteiger partial charge in [-0.15, -0.1) is 0 Å². The molecular weight excluding hydrogens is 312 g/mol. The molecule has 4 heterocycles. The minimum absolute atomic E-state index is 0.178. The molecular formula is C13H14N2O4S2. The molecule has 1 unspecified atom stereocenters. The van der Waals surface area contributed by atoms with Crippen LogP contribution in [0.15, 0.2) is 23.8 Å². The van der Waals surface area contributed by atoms with E-state index in [9.17, 15) is 19.8 Å². The summed E-state index contributed by atoms with van der Waals surface area (Å²) in [5, 5.41) is 20.0. The number of fused-ring (bicyclic) bond motifs is 3. The van der Waals surface area contributed by atoms with Gasteiger partial charge in [-0.25, -0.2) is 0 Å². The first-order valence-corrected chi connectivity index (χ1v) is 8.78. The Kier molecular flexibility index (Phi) is 2.65. The van der Waals surface area contributed by atoms with Gasteiger partial charge in [-0.05, 0) is 16.4 Å². The van der Waals surface area contributed by atoms with Crippen LogP contribution >= 0.6 is 21.6 Å². The first-order chi connectivity index (χ1) is 9.98. The van der Waals surface area contributed by atoms with Crippen molar-refractivity contribution in [2.24, 2.45) is 0 Å². The molecule has 4 saturated heterocycles. The van der Waals surface area contributed by atoms with E-state index < -0.39 is 28.5 Å². The summed E-state index contributed by atoms with van der Waals surface area (Å²) < 4.78 is 0. The molecule has 0 aromatic carbocycles. The Bertz CT molecular complexity index is 621. The minimum atomic E-state index is -1.28. The second-order valence-corrected chi connectivity index (χ2v) is 8.36. The molecule has 0 saturated carbocycles. The third-order valence-electron chi connectivity index (χ3n) is 4.70. The number of carbonyl (C=O) groups excluding carboxylic acids is 2. The van der Waals surface area contributed by atoms with Crippen molar-refractivity contribution in [2.75, 3.05) is 13.7 Å². The van der Waals surface area contributed by atoms with Gasteiger partial charge in [-0.1, -0.05) is 29.0 Å². The highest BCUT2D eigenvalue weighted by molar-refractivity contribution is 8.78. The summed E-state index contributed by atoms with van der Waals surface area (Å²) in [6, 6.07) is -0.500. The molecule has 5 aliphatic rings. The van der Waals surface area contributed by atoms with E-state index in [1.807, 2.05) is 6.08 Å². The van der Waals surface area contributed by atoms with Crippen LogP contribution in [0.1, 0.15) is 6.42 Å². The molecule has 4 aliphatic heterocycles. The molecule has 8 heteroatoms. The molecule has 2 bridgehead atoms. The standard InChI is InChI=1S/C13H14N2O4S2/c1-14-10(18)12-5-7-3-2-4-8(17)9(7)15(12)11(19)13(14,6-16)21-20-12/h2-4,8-9,16-17H,5-6H2,1H3/t8?,9-,12+,13+/m0/s1. The summed E-state index contributed by atoms with van der Waals surface area (Å²) in [5.74, 6) is -0.471. The number of hydrogen-bond acceptors (Lipinski definition) is 6. The fraction of sp³-hybridized carbons (Fsp3) is 0.538. The van der Waals surface area contributed by atoms with Crippen LogP contribution in [0.4, 0.5) is 0 Å². The number of piperazine rings is 1. The van der Waals surface area contributed by atoms with Crippen molar-refractivity contribution in [1.29, 1.82) is 0 Å². The van der Waals surface area contributed by atoms with Gasteiger partial charge in [-0.2, -0.15) is 0 Å². The van der Waals surface area contributed by atoms with E-state index in [0.717, 1.165) is 5.57 Å². The van der Waals surface area contributed by atoms with Crippen molar-refractivity contribution in [2.45, 2.75) is 28.3 Å². The monoisotopic (exact) mass is 326 g/mol. The van der Waals surface area contributed by atoms with Crippen LogP contribution in [-0.2, 0) is 9.59 Å². The van der Waals surface area contributed by atoms with Gasteiger partial charge in [0.1, 0.15) is 0 Å². The van der Waals surface area contributed by atoms with Crippen LogP contribution in [0.2, 0.25) is 0 Å². The fourth-order valence-electron chi connectivity index (χ4n) is 3.55. The van der Waals surface area contributed by atoms with Crippen molar-refractivity contribution in [3.8, 4) is 0 Å². The molecule has 1 spiro atoms. The molecule has 1 aliphatic carbocycles. The lowest BCUT2D eigenvalue weighted by Gasteiger charge is -2.58. The molecule has 6 nitrogen and oxygen atoms in total. The summed E-state index contributed by atoms with van der Waals surface area (Å²) in [6.45, 7) is -0.435. The highest BCUT2D eigenvalue weighted by Crippen LogP contribution is 2.64. The lowest BCUT2D eigenvalue weighted by atomic mass is 9.97. The topological polar surface area (TPSA) is 81.1 Å². The van der Waals surface area contributed by atoms with Crippen molar-refractivity contribution in [3.63, 3.8) is 0 Å². The van der Waals surface area contributed by atoms with Gasteiger partial charge in [0, 0.05) is 13.5 Å². The summed E-state index contributed by atoms with van der Waals surface area (Å²) in [4.78, 5) is 26.4. The molecule has 112 valence electrons. The maximum atomic E-state index is 12.9. The van der Waals surface area contributed by atoms with Crippen molar-refractivity contribution in [3.05, 3.63) is 23.8 Å². The quantitative estimate of drug-likeness (QED) is 0.644. The number of amides is 2. The average molecular weight is 326 g/mol. The van der Waals surface area contributed by atoms with E-state index in [0.29, 0.717) is 6.42 Å². The van der Waals surface area contributed by atoms with Crippen LogP contribution in [0.3, 0.4) is 0 Å². The predicted molar refractivity (Wildman–Crippen MR) is 79.0 cm³/mol. The highest BCUT2D eigenvalue weighted by atomic mass is 33.1. The zero-order valence-electron chi connectivity index (χ0n) is 11.2. The van der Waals surface area contributed by atoms with Gasteiger partial charge in [0.15, 0.2) is 4.87 Å². The number of allylic oxidation sites excluding steroid dienone is 2. The third kappa shape index (κ3) is 1.35. The molecule has 2 N–H and O–H groups in total. The van der Waals surface area contributed by atoms with Gasteiger partial charge in [0.05, 0.1) is 18.8 Å². The maximum Gasteiger partial charge on any atom is 0.264 e. The van der Waals surface area contributed by atoms with E-state index in [1.54, 1.807) is 19.2 Å². The van der Waals surface area contributed by atoms with Crippen LogP contribution in [0, 0.1) is 0 Å². The summed E-state index contributed by atoms with van der Waals surface area (Å²) >= 11 is 0. The van der Waals surface area contributed by atoms with E-state index in [4.69, 9.17) is 0 Å². The van der Waals surface area contributed by atoms with Gasteiger partial charge >= 0.3 is 0 Å². The fourth-order valence-corrected chi connectivity index (χ4v) is 7.12. The van der Waals surface area contributed by atoms with E-state index in [1.165, 1.54) is 31.4 Å². The molecule has 0 aromatic rings. The lowest BCUT2D eigenvalue weighted by molar-refractivity contribution is -0.168. The first kappa shape index (κ1) is 13.7. The molecule has 2 amide bonds. The average Bonchev–Trinajstić information content (AvgIpc) is 2.83. The number of carbonyl (C=O) groups is 2. The molecule has 4 atom stereocenters. The number of rotatable bonds is 1. The Morgan fingerprint density at radius 3 is 2.86 bits per heavy atom. The number of aliphatic hydroxyl groups excluding tert-OH is 2. The number of aliphatic hydroxyl groups is 2. The number of hydrogen-bond donors (Lipinski definition) is 2. The van der Waals surface area contributed by atoms with E-state index in [-0.39, 0.29) is 11.8 Å². The molecule has 0 radical (unpaired) electrons. The van der Waals surface area contributed by atoms with E-state index in [2.05, 4.69) is 0 Å². The number of likely N-dealkylation sites (N-methyl/N-ethyl adjacent to an activating group) is 1. The predicted octanol–water partition coefficient (Wildman–Crippen LogP) is -0.304. The minimum Gasteiger partial charge on any atom is -0.392 e. The Morgan fingerprint density at radius 2 is 2.14 bits per heavy atom. The largest absolute Gasteiger partial charge is 0.392 e. The Labute approximate surface area is 129 Å². The third-order valence-corrected chi connectivity index (χ3v) is 8.33. The lowest BCUT2D eigenvalue weighted by Crippen LogP contribution is -2.77.